The van der Waals surface area contributed by atoms with E-state index in [4.69, 9.17) is 4.74 Å². The molecular weight excluding hydrogens is 262 g/mol. The van der Waals surface area contributed by atoms with Crippen LogP contribution in [0.5, 0.6) is 5.75 Å². The minimum absolute atomic E-state index is 0.609. The lowest BCUT2D eigenvalue weighted by Gasteiger charge is -2.16. The molecule has 1 aliphatic carbocycles. The molecule has 1 aliphatic rings. The summed E-state index contributed by atoms with van der Waals surface area (Å²) in [6.45, 7) is 0.943. The average Bonchev–Trinajstić information content (AvgIpc) is 3.04. The van der Waals surface area contributed by atoms with Gasteiger partial charge in [-0.15, -0.1) is 0 Å². The second kappa shape index (κ2) is 8.55. The zero-order valence-corrected chi connectivity index (χ0v) is 13.2. The van der Waals surface area contributed by atoms with E-state index in [1.165, 1.54) is 31.2 Å². The SMILES string of the molecule is CN=C(NCCCc1ccc(OC)cc1)NC1CCCC1. The van der Waals surface area contributed by atoms with Crippen LogP contribution in [0.25, 0.3) is 0 Å². The average molecular weight is 289 g/mol. The van der Waals surface area contributed by atoms with Crippen molar-refractivity contribution in [1.29, 1.82) is 0 Å². The lowest BCUT2D eigenvalue weighted by molar-refractivity contribution is 0.414. The molecule has 1 aromatic carbocycles. The molecule has 1 fully saturated rings. The zero-order chi connectivity index (χ0) is 14.9. The minimum atomic E-state index is 0.609. The number of nitrogens with zero attached hydrogens (tertiary/aromatic N) is 1. The Labute approximate surface area is 128 Å². The van der Waals surface area contributed by atoms with Gasteiger partial charge in [0.15, 0.2) is 5.96 Å². The number of hydrogen-bond donors (Lipinski definition) is 2. The standard InChI is InChI=1S/C17H27N3O/c1-18-17(20-15-7-3-4-8-15)19-13-5-6-14-9-11-16(21-2)12-10-14/h9-12,15H,3-8,13H2,1-2H3,(H2,18,19,20). The van der Waals surface area contributed by atoms with Crippen LogP contribution in [-0.4, -0.2) is 32.7 Å². The summed E-state index contributed by atoms with van der Waals surface area (Å²) in [6, 6.07) is 8.90. The van der Waals surface area contributed by atoms with Crippen molar-refractivity contribution >= 4 is 5.96 Å². The number of ether oxygens (including phenoxy) is 1. The quantitative estimate of drug-likeness (QED) is 0.481. The summed E-state index contributed by atoms with van der Waals surface area (Å²) in [5, 5.41) is 6.91. The van der Waals surface area contributed by atoms with Crippen LogP contribution < -0.4 is 15.4 Å². The maximum atomic E-state index is 5.17. The Hall–Kier alpha value is -1.71. The fraction of sp³-hybridized carbons (Fsp3) is 0.588. The summed E-state index contributed by atoms with van der Waals surface area (Å²) in [5.41, 5.74) is 1.34. The Morgan fingerprint density at radius 3 is 2.57 bits per heavy atom. The summed E-state index contributed by atoms with van der Waals surface area (Å²) >= 11 is 0. The summed E-state index contributed by atoms with van der Waals surface area (Å²) in [6.07, 6.45) is 7.38. The fourth-order valence-corrected chi connectivity index (χ4v) is 2.75. The normalized spacial score (nSPS) is 16.0. The second-order valence-corrected chi connectivity index (χ2v) is 5.58. The zero-order valence-electron chi connectivity index (χ0n) is 13.2. The smallest absolute Gasteiger partial charge is 0.191 e. The summed E-state index contributed by atoms with van der Waals surface area (Å²) in [7, 11) is 3.54. The third kappa shape index (κ3) is 5.29. The number of methoxy groups -OCH3 is 1. The molecule has 4 nitrogen and oxygen atoms in total. The van der Waals surface area contributed by atoms with Gasteiger partial charge in [-0.05, 0) is 43.4 Å². The van der Waals surface area contributed by atoms with Gasteiger partial charge >= 0.3 is 0 Å². The van der Waals surface area contributed by atoms with Gasteiger partial charge in [0.25, 0.3) is 0 Å². The number of hydrogen-bond acceptors (Lipinski definition) is 2. The summed E-state index contributed by atoms with van der Waals surface area (Å²) < 4.78 is 5.17. The van der Waals surface area contributed by atoms with Crippen molar-refractivity contribution in [1.82, 2.24) is 10.6 Å². The molecular formula is C17H27N3O. The van der Waals surface area contributed by atoms with E-state index >= 15 is 0 Å². The van der Waals surface area contributed by atoms with Crippen molar-refractivity contribution in [3.8, 4) is 5.75 Å². The second-order valence-electron chi connectivity index (χ2n) is 5.58. The van der Waals surface area contributed by atoms with E-state index in [1.807, 2.05) is 19.2 Å². The molecule has 0 bridgehead atoms. The first-order chi connectivity index (χ1) is 10.3. The molecule has 0 amide bonds. The van der Waals surface area contributed by atoms with Crippen LogP contribution in [0.3, 0.4) is 0 Å². The molecule has 0 unspecified atom stereocenters. The Morgan fingerprint density at radius 1 is 1.24 bits per heavy atom. The number of benzene rings is 1. The topological polar surface area (TPSA) is 45.7 Å². The predicted molar refractivity (Wildman–Crippen MR) is 88.1 cm³/mol. The largest absolute Gasteiger partial charge is 0.497 e. The van der Waals surface area contributed by atoms with Crippen molar-refractivity contribution in [2.75, 3.05) is 20.7 Å². The van der Waals surface area contributed by atoms with Gasteiger partial charge in [-0.3, -0.25) is 4.99 Å². The van der Waals surface area contributed by atoms with Crippen LogP contribution in [0.2, 0.25) is 0 Å². The maximum Gasteiger partial charge on any atom is 0.191 e. The van der Waals surface area contributed by atoms with Crippen molar-refractivity contribution in [2.24, 2.45) is 4.99 Å². The van der Waals surface area contributed by atoms with Gasteiger partial charge in [-0.2, -0.15) is 0 Å². The van der Waals surface area contributed by atoms with Crippen LogP contribution in [0, 0.1) is 0 Å². The van der Waals surface area contributed by atoms with Crippen LogP contribution in [0.4, 0.5) is 0 Å². The van der Waals surface area contributed by atoms with Gasteiger partial charge in [0.2, 0.25) is 0 Å². The van der Waals surface area contributed by atoms with Crippen molar-refractivity contribution in [2.45, 2.75) is 44.6 Å². The monoisotopic (exact) mass is 289 g/mol. The van der Waals surface area contributed by atoms with Crippen molar-refractivity contribution in [3.05, 3.63) is 29.8 Å². The first kappa shape index (κ1) is 15.7. The Morgan fingerprint density at radius 2 is 1.95 bits per heavy atom. The van der Waals surface area contributed by atoms with E-state index in [0.29, 0.717) is 6.04 Å². The molecule has 4 heteroatoms. The van der Waals surface area contributed by atoms with Gasteiger partial charge in [0, 0.05) is 19.6 Å². The van der Waals surface area contributed by atoms with Crippen molar-refractivity contribution < 1.29 is 4.74 Å². The Kier molecular flexibility index (Phi) is 6.38. The molecule has 0 radical (unpaired) electrons. The van der Waals surface area contributed by atoms with Gasteiger partial charge < -0.3 is 15.4 Å². The first-order valence-electron chi connectivity index (χ1n) is 7.92. The molecule has 0 aromatic heterocycles. The van der Waals surface area contributed by atoms with Crippen LogP contribution in [0.15, 0.2) is 29.3 Å². The van der Waals surface area contributed by atoms with Gasteiger partial charge in [0.05, 0.1) is 7.11 Å². The maximum absolute atomic E-state index is 5.17. The van der Waals surface area contributed by atoms with Crippen LogP contribution in [0.1, 0.15) is 37.7 Å². The van der Waals surface area contributed by atoms with Gasteiger partial charge in [-0.25, -0.2) is 0 Å². The Balaban J connectivity index is 1.65. The highest BCUT2D eigenvalue weighted by atomic mass is 16.5. The molecule has 1 aromatic rings. The third-order valence-electron chi connectivity index (χ3n) is 4.01. The predicted octanol–water partition coefficient (Wildman–Crippen LogP) is 2.74. The van der Waals surface area contributed by atoms with E-state index in [1.54, 1.807) is 7.11 Å². The Bertz CT molecular complexity index is 436. The minimum Gasteiger partial charge on any atom is -0.497 e. The molecule has 116 valence electrons. The summed E-state index contributed by atoms with van der Waals surface area (Å²) in [5.74, 6) is 1.86. The van der Waals surface area contributed by atoms with Crippen LogP contribution >= 0.6 is 0 Å². The number of nitrogens with one attached hydrogen (secondary N) is 2. The molecule has 0 atom stereocenters. The van der Waals surface area contributed by atoms with Crippen LogP contribution in [-0.2, 0) is 6.42 Å². The summed E-state index contributed by atoms with van der Waals surface area (Å²) in [4.78, 5) is 4.30. The number of rotatable bonds is 6. The van der Waals surface area contributed by atoms with E-state index in [2.05, 4.69) is 27.8 Å². The van der Waals surface area contributed by atoms with E-state index < -0.39 is 0 Å². The molecule has 2 N–H and O–H groups in total. The highest BCUT2D eigenvalue weighted by Crippen LogP contribution is 2.17. The molecule has 0 saturated heterocycles. The molecule has 0 heterocycles. The molecule has 2 rings (SSSR count). The number of aliphatic imine (C=N–C) groups is 1. The molecule has 21 heavy (non-hydrogen) atoms. The van der Waals surface area contributed by atoms with E-state index in [-0.39, 0.29) is 0 Å². The first-order valence-corrected chi connectivity index (χ1v) is 7.92. The number of guanidine groups is 1. The van der Waals surface area contributed by atoms with E-state index in [0.717, 1.165) is 31.1 Å². The molecule has 0 spiro atoms. The highest BCUT2D eigenvalue weighted by Gasteiger charge is 2.15. The lowest BCUT2D eigenvalue weighted by Crippen LogP contribution is -2.42. The third-order valence-corrected chi connectivity index (χ3v) is 4.01. The highest BCUT2D eigenvalue weighted by molar-refractivity contribution is 5.79. The van der Waals surface area contributed by atoms with Gasteiger partial charge in [-0.1, -0.05) is 25.0 Å². The fourth-order valence-electron chi connectivity index (χ4n) is 2.75. The number of aryl methyl sites for hydroxylation is 1. The van der Waals surface area contributed by atoms with E-state index in [9.17, 15) is 0 Å². The van der Waals surface area contributed by atoms with Gasteiger partial charge in [0.1, 0.15) is 5.75 Å². The molecule has 1 saturated carbocycles. The lowest BCUT2D eigenvalue weighted by atomic mass is 10.1. The van der Waals surface area contributed by atoms with Crippen molar-refractivity contribution in [3.63, 3.8) is 0 Å². The molecule has 0 aliphatic heterocycles.